The minimum Gasteiger partial charge on any atom is -0.309 e. The van der Waals surface area contributed by atoms with Gasteiger partial charge in [0.1, 0.15) is 0 Å². The van der Waals surface area contributed by atoms with Crippen molar-refractivity contribution in [3.8, 4) is 73.8 Å². The number of hydrogen-bond donors (Lipinski definition) is 0. The minimum atomic E-state index is 0.573. The van der Waals surface area contributed by atoms with Gasteiger partial charge >= 0.3 is 0 Å². The zero-order valence-electron chi connectivity index (χ0n) is 30.6. The van der Waals surface area contributed by atoms with Crippen molar-refractivity contribution >= 4 is 21.8 Å². The van der Waals surface area contributed by atoms with Gasteiger partial charge in [-0.2, -0.15) is 0 Å². The highest BCUT2D eigenvalue weighted by Crippen LogP contribution is 2.39. The van der Waals surface area contributed by atoms with Crippen LogP contribution in [0, 0.1) is 6.92 Å². The molecule has 0 spiro atoms. The summed E-state index contributed by atoms with van der Waals surface area (Å²) in [5, 5.41) is 2.39. The van der Waals surface area contributed by atoms with Gasteiger partial charge in [-0.05, 0) is 49.4 Å². The van der Waals surface area contributed by atoms with Gasteiger partial charge in [-0.3, -0.25) is 0 Å². The second kappa shape index (κ2) is 14.0. The molecule has 0 radical (unpaired) electrons. The third-order valence-electron chi connectivity index (χ3n) is 10.1. The van der Waals surface area contributed by atoms with Gasteiger partial charge in [0.25, 0.3) is 0 Å². The molecule has 3 aromatic heterocycles. The predicted molar refractivity (Wildman–Crippen MR) is 227 cm³/mol. The number of rotatable bonds is 7. The maximum absolute atomic E-state index is 5.33. The zero-order chi connectivity index (χ0) is 37.4. The van der Waals surface area contributed by atoms with E-state index < -0.39 is 0 Å². The first-order chi connectivity index (χ1) is 27.7. The Hall–Kier alpha value is -7.57. The Morgan fingerprint density at radius 2 is 0.821 bits per heavy atom. The molecule has 6 heteroatoms. The Balaban J connectivity index is 1.27. The highest BCUT2D eigenvalue weighted by Gasteiger charge is 2.21. The minimum absolute atomic E-state index is 0.573. The van der Waals surface area contributed by atoms with E-state index in [0.29, 0.717) is 23.3 Å². The third kappa shape index (κ3) is 6.09. The van der Waals surface area contributed by atoms with Crippen molar-refractivity contribution in [3.63, 3.8) is 0 Å². The third-order valence-corrected chi connectivity index (χ3v) is 10.1. The molecule has 10 rings (SSSR count). The number of hydrogen-bond acceptors (Lipinski definition) is 5. The summed E-state index contributed by atoms with van der Waals surface area (Å²) in [6.45, 7) is 2.14. The number of aromatic nitrogens is 6. The fourth-order valence-electron chi connectivity index (χ4n) is 7.42. The predicted octanol–water partition coefficient (Wildman–Crippen LogP) is 12.1. The standard InChI is InChI=1S/C50H34N6/c1-33-26-28-45-40(30-33)39-24-14-15-25-44(39)56(45)46-29-27-38(50-54-48(36-20-10-4-11-21-36)53-49(55-50)37-22-12-5-13-23-37)31-41(46)43-32-42(34-16-6-2-7-17-34)51-47(52-43)35-18-8-3-9-19-35/h2-32H,1H3. The normalized spacial score (nSPS) is 11.3. The van der Waals surface area contributed by atoms with E-state index in [1.165, 1.54) is 16.3 Å². The molecular formula is C50H34N6. The molecule has 3 heterocycles. The first-order valence-electron chi connectivity index (χ1n) is 18.7. The van der Waals surface area contributed by atoms with Crippen molar-refractivity contribution in [3.05, 3.63) is 194 Å². The van der Waals surface area contributed by atoms with E-state index >= 15 is 0 Å². The molecule has 0 aliphatic heterocycles. The van der Waals surface area contributed by atoms with Crippen molar-refractivity contribution < 1.29 is 0 Å². The topological polar surface area (TPSA) is 69.4 Å². The summed E-state index contributed by atoms with van der Waals surface area (Å²) < 4.78 is 2.36. The van der Waals surface area contributed by atoms with Crippen molar-refractivity contribution in [2.45, 2.75) is 6.92 Å². The smallest absolute Gasteiger partial charge is 0.164 e. The van der Waals surface area contributed by atoms with E-state index in [1.807, 2.05) is 97.1 Å². The van der Waals surface area contributed by atoms with E-state index in [2.05, 4.69) is 102 Å². The van der Waals surface area contributed by atoms with E-state index in [9.17, 15) is 0 Å². The van der Waals surface area contributed by atoms with Gasteiger partial charge in [-0.25, -0.2) is 24.9 Å². The van der Waals surface area contributed by atoms with Crippen LogP contribution in [-0.2, 0) is 0 Å². The molecule has 10 aromatic rings. The number of nitrogens with zero attached hydrogens (tertiary/aromatic N) is 6. The molecule has 0 aliphatic rings. The molecule has 7 aromatic carbocycles. The second-order valence-electron chi connectivity index (χ2n) is 13.8. The lowest BCUT2D eigenvalue weighted by Crippen LogP contribution is -2.03. The first kappa shape index (κ1) is 33.0. The summed E-state index contributed by atoms with van der Waals surface area (Å²) in [7, 11) is 0. The molecule has 0 saturated heterocycles. The van der Waals surface area contributed by atoms with Gasteiger partial charge in [0.15, 0.2) is 23.3 Å². The van der Waals surface area contributed by atoms with Crippen molar-refractivity contribution in [2.75, 3.05) is 0 Å². The monoisotopic (exact) mass is 718 g/mol. The van der Waals surface area contributed by atoms with Crippen LogP contribution in [0.15, 0.2) is 188 Å². The van der Waals surface area contributed by atoms with E-state index in [4.69, 9.17) is 24.9 Å². The Kier molecular flexibility index (Phi) is 8.26. The molecule has 264 valence electrons. The summed E-state index contributed by atoms with van der Waals surface area (Å²) in [6, 6.07) is 64.5. The first-order valence-corrected chi connectivity index (χ1v) is 18.7. The summed E-state index contributed by atoms with van der Waals surface area (Å²) in [4.78, 5) is 25.6. The van der Waals surface area contributed by atoms with Crippen LogP contribution in [0.4, 0.5) is 0 Å². The molecular weight excluding hydrogens is 685 g/mol. The molecule has 0 amide bonds. The van der Waals surface area contributed by atoms with Gasteiger partial charge in [-0.1, -0.05) is 151 Å². The number of benzene rings is 7. The van der Waals surface area contributed by atoms with E-state index in [-0.39, 0.29) is 0 Å². The zero-order valence-corrected chi connectivity index (χ0v) is 30.6. The van der Waals surface area contributed by atoms with Gasteiger partial charge in [0, 0.05) is 44.2 Å². The lowest BCUT2D eigenvalue weighted by molar-refractivity contribution is 1.07. The quantitative estimate of drug-likeness (QED) is 0.164. The molecule has 0 bridgehead atoms. The lowest BCUT2D eigenvalue weighted by Gasteiger charge is -2.17. The highest BCUT2D eigenvalue weighted by molar-refractivity contribution is 6.10. The summed E-state index contributed by atoms with van der Waals surface area (Å²) >= 11 is 0. The van der Waals surface area contributed by atoms with Crippen molar-refractivity contribution in [1.29, 1.82) is 0 Å². The Bertz CT molecular complexity index is 2900. The van der Waals surface area contributed by atoms with E-state index in [1.54, 1.807) is 0 Å². The summed E-state index contributed by atoms with van der Waals surface area (Å²) in [5.74, 6) is 2.44. The van der Waals surface area contributed by atoms with Crippen LogP contribution in [0.3, 0.4) is 0 Å². The highest BCUT2D eigenvalue weighted by atomic mass is 15.0. The Morgan fingerprint density at radius 3 is 1.43 bits per heavy atom. The average molecular weight is 719 g/mol. The molecule has 0 atom stereocenters. The molecule has 56 heavy (non-hydrogen) atoms. The van der Waals surface area contributed by atoms with E-state index in [0.717, 1.165) is 61.5 Å². The van der Waals surface area contributed by atoms with Gasteiger partial charge in [0.2, 0.25) is 0 Å². The molecule has 0 N–H and O–H groups in total. The van der Waals surface area contributed by atoms with Crippen LogP contribution < -0.4 is 0 Å². The second-order valence-corrected chi connectivity index (χ2v) is 13.8. The Labute approximate surface area is 324 Å². The van der Waals surface area contributed by atoms with Gasteiger partial charge in [0.05, 0.1) is 28.1 Å². The fraction of sp³-hybridized carbons (Fsp3) is 0.0200. The summed E-state index contributed by atoms with van der Waals surface area (Å²) in [6.07, 6.45) is 0. The average Bonchev–Trinajstić information content (AvgIpc) is 3.60. The molecule has 0 unspecified atom stereocenters. The van der Waals surface area contributed by atoms with Gasteiger partial charge in [-0.15, -0.1) is 0 Å². The largest absolute Gasteiger partial charge is 0.309 e. The van der Waals surface area contributed by atoms with Crippen molar-refractivity contribution in [1.82, 2.24) is 29.5 Å². The van der Waals surface area contributed by atoms with Crippen LogP contribution in [-0.4, -0.2) is 29.5 Å². The van der Waals surface area contributed by atoms with Crippen molar-refractivity contribution in [2.24, 2.45) is 0 Å². The molecule has 6 nitrogen and oxygen atoms in total. The van der Waals surface area contributed by atoms with Gasteiger partial charge < -0.3 is 4.57 Å². The van der Waals surface area contributed by atoms with Crippen LogP contribution in [0.25, 0.3) is 95.6 Å². The maximum atomic E-state index is 5.33. The van der Waals surface area contributed by atoms with Crippen LogP contribution in [0.1, 0.15) is 5.56 Å². The van der Waals surface area contributed by atoms with Crippen LogP contribution in [0.5, 0.6) is 0 Å². The van der Waals surface area contributed by atoms with Crippen LogP contribution >= 0.6 is 0 Å². The maximum Gasteiger partial charge on any atom is 0.164 e. The fourth-order valence-corrected chi connectivity index (χ4v) is 7.42. The number of aryl methyl sites for hydroxylation is 1. The Morgan fingerprint density at radius 1 is 0.339 bits per heavy atom. The number of para-hydroxylation sites is 1. The molecule has 0 aliphatic carbocycles. The lowest BCUT2D eigenvalue weighted by atomic mass is 10.0. The SMILES string of the molecule is Cc1ccc2c(c1)c1ccccc1n2-c1ccc(-c2nc(-c3ccccc3)nc(-c3ccccc3)n2)cc1-c1cc(-c2ccccc2)nc(-c2ccccc2)n1. The number of fused-ring (bicyclic) bond motifs is 3. The molecule has 0 fully saturated rings. The molecule has 0 saturated carbocycles. The summed E-state index contributed by atoms with van der Waals surface area (Å²) in [5.41, 5.74) is 11.6. The van der Waals surface area contributed by atoms with Crippen LogP contribution in [0.2, 0.25) is 0 Å².